The Hall–Kier alpha value is -1.84. The van der Waals surface area contributed by atoms with Crippen LogP contribution in [0.1, 0.15) is 54.4 Å². The lowest BCUT2D eigenvalue weighted by Crippen LogP contribution is -2.59. The van der Waals surface area contributed by atoms with Crippen molar-refractivity contribution in [3.8, 4) is 0 Å². The molecule has 1 heterocycles. The topological polar surface area (TPSA) is 101 Å². The number of nitrogens with one attached hydrogen (secondary N) is 2. The zero-order valence-corrected chi connectivity index (χ0v) is 17.9. The minimum Gasteiger partial charge on any atom is -0.296 e. The molecule has 1 aromatic carbocycles. The molecule has 7 nitrogen and oxygen atoms in total. The number of nitrogens with zero attached hydrogens (tertiary/aromatic N) is 2. The van der Waals surface area contributed by atoms with E-state index < -0.39 is 10.0 Å². The van der Waals surface area contributed by atoms with Crippen LogP contribution >= 0.6 is 11.3 Å². The van der Waals surface area contributed by atoms with Crippen LogP contribution in [-0.4, -0.2) is 30.1 Å². The van der Waals surface area contributed by atoms with Crippen LogP contribution in [0.25, 0.3) is 0 Å². The Morgan fingerprint density at radius 1 is 1.07 bits per heavy atom. The minimum absolute atomic E-state index is 0.0895. The molecule has 2 N–H and O–H groups in total. The molecule has 1 amide bonds. The van der Waals surface area contributed by atoms with Gasteiger partial charge in [-0.05, 0) is 74.8 Å². The smallest absolute Gasteiger partial charge is 0.270 e. The van der Waals surface area contributed by atoms with Crippen LogP contribution in [0.4, 0.5) is 5.13 Å². The van der Waals surface area contributed by atoms with Crippen molar-refractivity contribution in [3.05, 3.63) is 35.4 Å². The molecule has 6 rings (SSSR count). The molecule has 4 saturated carbocycles. The van der Waals surface area contributed by atoms with E-state index in [-0.39, 0.29) is 20.9 Å². The molecule has 9 heteroatoms. The van der Waals surface area contributed by atoms with Crippen molar-refractivity contribution >= 4 is 32.4 Å². The molecule has 2 aromatic rings. The molecule has 4 bridgehead atoms. The molecule has 154 valence electrons. The zero-order chi connectivity index (χ0) is 20.2. The van der Waals surface area contributed by atoms with E-state index in [9.17, 15) is 13.2 Å². The van der Waals surface area contributed by atoms with Gasteiger partial charge in [0, 0.05) is 11.1 Å². The summed E-state index contributed by atoms with van der Waals surface area (Å²) in [7, 11) is -3.77. The Kier molecular flexibility index (Phi) is 4.52. The van der Waals surface area contributed by atoms with Gasteiger partial charge >= 0.3 is 0 Å². The van der Waals surface area contributed by atoms with Crippen LogP contribution < -0.4 is 10.0 Å². The highest BCUT2D eigenvalue weighted by Gasteiger charge is 2.52. The maximum absolute atomic E-state index is 13.0. The Morgan fingerprint density at radius 2 is 1.69 bits per heavy atom. The molecular formula is C20H24N4O3S2. The van der Waals surface area contributed by atoms with Crippen molar-refractivity contribution in [1.82, 2.24) is 14.9 Å². The van der Waals surface area contributed by atoms with Crippen LogP contribution in [0, 0.1) is 24.7 Å². The van der Waals surface area contributed by atoms with Crippen LogP contribution in [0.3, 0.4) is 0 Å². The molecule has 0 spiro atoms. The SMILES string of the molecule is Cc1ccccc1C(=O)Nc1nnc(S(=O)(=O)NC23CC4CC(CC(C4)C2)C3)s1. The Balaban J connectivity index is 1.32. The van der Waals surface area contributed by atoms with E-state index >= 15 is 0 Å². The highest BCUT2D eigenvalue weighted by atomic mass is 32.2. The third kappa shape index (κ3) is 3.60. The number of hydrogen-bond acceptors (Lipinski definition) is 6. The summed E-state index contributed by atoms with van der Waals surface area (Å²) in [5.74, 6) is 1.60. The number of carbonyl (C=O) groups excluding carboxylic acids is 1. The van der Waals surface area contributed by atoms with Crippen LogP contribution in [0.15, 0.2) is 28.6 Å². The molecule has 0 atom stereocenters. The molecule has 0 aliphatic heterocycles. The maximum atomic E-state index is 13.0. The molecular weight excluding hydrogens is 408 g/mol. The van der Waals surface area contributed by atoms with Gasteiger partial charge in [0.15, 0.2) is 0 Å². The summed E-state index contributed by atoms with van der Waals surface area (Å²) in [6.45, 7) is 1.85. The van der Waals surface area contributed by atoms with Crippen molar-refractivity contribution < 1.29 is 13.2 Å². The quantitative estimate of drug-likeness (QED) is 0.706. The number of aryl methyl sites for hydroxylation is 1. The first kappa shape index (κ1) is 19.1. The summed E-state index contributed by atoms with van der Waals surface area (Å²) < 4.78 is 29.0. The molecule has 0 saturated heterocycles. The summed E-state index contributed by atoms with van der Waals surface area (Å²) in [6, 6.07) is 7.21. The predicted octanol–water partition coefficient (Wildman–Crippen LogP) is 3.35. The van der Waals surface area contributed by atoms with Crippen molar-refractivity contribution in [2.75, 3.05) is 5.32 Å². The van der Waals surface area contributed by atoms with E-state index in [0.29, 0.717) is 23.3 Å². The number of aromatic nitrogens is 2. The van der Waals surface area contributed by atoms with Crippen LogP contribution in [-0.2, 0) is 10.0 Å². The normalized spacial score (nSPS) is 30.4. The largest absolute Gasteiger partial charge is 0.296 e. The molecule has 0 radical (unpaired) electrons. The number of benzene rings is 1. The first-order chi connectivity index (χ1) is 13.8. The minimum atomic E-state index is -3.77. The average molecular weight is 433 g/mol. The van der Waals surface area contributed by atoms with Gasteiger partial charge in [0.1, 0.15) is 0 Å². The molecule has 1 aromatic heterocycles. The fourth-order valence-corrected chi connectivity index (χ4v) is 8.25. The van der Waals surface area contributed by atoms with Crippen molar-refractivity contribution in [2.24, 2.45) is 17.8 Å². The number of amides is 1. The van der Waals surface area contributed by atoms with Crippen molar-refractivity contribution in [1.29, 1.82) is 0 Å². The second-order valence-electron chi connectivity index (χ2n) is 8.95. The summed E-state index contributed by atoms with van der Waals surface area (Å²) >= 11 is 0.893. The first-order valence-corrected chi connectivity index (χ1v) is 12.4. The van der Waals surface area contributed by atoms with E-state index in [1.165, 1.54) is 19.3 Å². The number of anilines is 1. The zero-order valence-electron chi connectivity index (χ0n) is 16.2. The fourth-order valence-electron chi connectivity index (χ4n) is 5.93. The standard InChI is InChI=1S/C20H24N4O3S2/c1-12-4-2-3-5-16(12)17(25)21-18-22-23-19(28-18)29(26,27)24-20-9-13-6-14(10-20)8-15(7-13)11-20/h2-5,13-15,24H,6-11H2,1H3,(H,21,22,25). The van der Waals surface area contributed by atoms with E-state index in [1.807, 2.05) is 19.1 Å². The Morgan fingerprint density at radius 3 is 2.31 bits per heavy atom. The van der Waals surface area contributed by atoms with E-state index in [2.05, 4.69) is 20.2 Å². The molecule has 4 fully saturated rings. The number of sulfonamides is 1. The monoisotopic (exact) mass is 432 g/mol. The highest BCUT2D eigenvalue weighted by Crippen LogP contribution is 2.56. The summed E-state index contributed by atoms with van der Waals surface area (Å²) in [5.41, 5.74) is 1.04. The van der Waals surface area contributed by atoms with Gasteiger partial charge in [-0.15, -0.1) is 10.2 Å². The lowest BCUT2D eigenvalue weighted by Gasteiger charge is -2.56. The number of hydrogen-bond donors (Lipinski definition) is 2. The second kappa shape index (κ2) is 6.85. The van der Waals surface area contributed by atoms with Gasteiger partial charge < -0.3 is 0 Å². The first-order valence-electron chi connectivity index (χ1n) is 10.1. The lowest BCUT2D eigenvalue weighted by molar-refractivity contribution is -0.00811. The van der Waals surface area contributed by atoms with Gasteiger partial charge in [0.05, 0.1) is 0 Å². The third-order valence-electron chi connectivity index (χ3n) is 6.64. The van der Waals surface area contributed by atoms with Crippen LogP contribution in [0.2, 0.25) is 0 Å². The van der Waals surface area contributed by atoms with Crippen molar-refractivity contribution in [3.63, 3.8) is 0 Å². The third-order valence-corrected chi connectivity index (χ3v) is 9.42. The second-order valence-corrected chi connectivity index (χ2v) is 11.8. The lowest BCUT2D eigenvalue weighted by atomic mass is 9.53. The molecule has 4 aliphatic rings. The highest BCUT2D eigenvalue weighted by molar-refractivity contribution is 7.91. The van der Waals surface area contributed by atoms with E-state index in [0.717, 1.165) is 36.2 Å². The summed E-state index contributed by atoms with van der Waals surface area (Å²) in [5, 5.41) is 10.6. The van der Waals surface area contributed by atoms with Gasteiger partial charge in [0.2, 0.25) is 9.47 Å². The summed E-state index contributed by atoms with van der Waals surface area (Å²) in [6.07, 6.45) is 6.51. The van der Waals surface area contributed by atoms with Gasteiger partial charge in [-0.25, -0.2) is 13.1 Å². The maximum Gasteiger partial charge on any atom is 0.270 e. The number of carbonyl (C=O) groups is 1. The average Bonchev–Trinajstić information content (AvgIpc) is 3.09. The van der Waals surface area contributed by atoms with Gasteiger partial charge in [0.25, 0.3) is 15.9 Å². The summed E-state index contributed by atoms with van der Waals surface area (Å²) in [4.78, 5) is 12.5. The van der Waals surface area contributed by atoms with E-state index in [1.54, 1.807) is 12.1 Å². The van der Waals surface area contributed by atoms with Crippen molar-refractivity contribution in [2.45, 2.75) is 55.3 Å². The van der Waals surface area contributed by atoms with Crippen LogP contribution in [0.5, 0.6) is 0 Å². The molecule has 0 unspecified atom stereocenters. The predicted molar refractivity (Wildman–Crippen MR) is 110 cm³/mol. The van der Waals surface area contributed by atoms with Gasteiger partial charge in [-0.3, -0.25) is 10.1 Å². The Bertz CT molecular complexity index is 1030. The van der Waals surface area contributed by atoms with Gasteiger partial charge in [-0.2, -0.15) is 0 Å². The molecule has 29 heavy (non-hydrogen) atoms. The van der Waals surface area contributed by atoms with Gasteiger partial charge in [-0.1, -0.05) is 29.5 Å². The molecule has 4 aliphatic carbocycles. The van der Waals surface area contributed by atoms with E-state index in [4.69, 9.17) is 0 Å². The number of rotatable bonds is 5. The Labute approximate surface area is 174 Å². The fraction of sp³-hybridized carbons (Fsp3) is 0.550.